The monoisotopic (exact) mass is 361 g/mol. The molecule has 0 saturated carbocycles. The van der Waals surface area contributed by atoms with Crippen LogP contribution in [0.1, 0.15) is 19.7 Å². The van der Waals surface area contributed by atoms with E-state index < -0.39 is 6.10 Å². The summed E-state index contributed by atoms with van der Waals surface area (Å²) in [7, 11) is 0. The highest BCUT2D eigenvalue weighted by Gasteiger charge is 2.20. The first-order chi connectivity index (χ1) is 12.1. The molecule has 0 aliphatic rings. The van der Waals surface area contributed by atoms with Crippen LogP contribution in [0.25, 0.3) is 5.69 Å². The maximum absolute atomic E-state index is 9.79. The molecule has 3 aromatic rings. The Labute approximate surface area is 150 Å². The Hall–Kier alpha value is -2.45. The molecule has 0 radical (unpaired) electrons. The number of nitrogens with zero attached hydrogens (tertiary/aromatic N) is 7. The topological polar surface area (TPSA) is 84.9 Å². The van der Waals surface area contributed by atoms with E-state index in [1.54, 1.807) is 24.1 Å². The van der Waals surface area contributed by atoms with E-state index >= 15 is 0 Å². The summed E-state index contributed by atoms with van der Waals surface area (Å²) in [5.41, 5.74) is 0.885. The average molecular weight is 362 g/mol. The second-order valence-electron chi connectivity index (χ2n) is 5.68. The number of aromatic nitrogens is 6. The lowest BCUT2D eigenvalue weighted by molar-refractivity contribution is 0.199. The van der Waals surface area contributed by atoms with Gasteiger partial charge in [-0.05, 0) is 38.1 Å². The number of halogens is 1. The minimum absolute atomic E-state index is 0.384. The van der Waals surface area contributed by atoms with E-state index in [4.69, 9.17) is 11.6 Å². The first-order valence-electron chi connectivity index (χ1n) is 8.05. The van der Waals surface area contributed by atoms with Crippen LogP contribution in [0.3, 0.4) is 0 Å². The number of hydrogen-bond donors (Lipinski definition) is 1. The van der Waals surface area contributed by atoms with Crippen LogP contribution in [-0.4, -0.2) is 54.1 Å². The third-order valence-corrected chi connectivity index (χ3v) is 3.95. The van der Waals surface area contributed by atoms with Gasteiger partial charge in [0.2, 0.25) is 5.95 Å². The van der Waals surface area contributed by atoms with Gasteiger partial charge in [-0.15, -0.1) is 10.2 Å². The molecule has 0 aliphatic carbocycles. The fraction of sp³-hybridized carbons (Fsp3) is 0.375. The Morgan fingerprint density at radius 3 is 2.44 bits per heavy atom. The highest BCUT2D eigenvalue weighted by Crippen LogP contribution is 2.22. The Morgan fingerprint density at radius 2 is 1.84 bits per heavy atom. The number of anilines is 1. The van der Waals surface area contributed by atoms with E-state index in [-0.39, 0.29) is 0 Å². The van der Waals surface area contributed by atoms with Crippen molar-refractivity contribution in [3.63, 3.8) is 0 Å². The molecule has 8 nitrogen and oxygen atoms in total. The van der Waals surface area contributed by atoms with Crippen molar-refractivity contribution in [2.75, 3.05) is 18.0 Å². The van der Waals surface area contributed by atoms with Crippen LogP contribution in [0.4, 0.5) is 5.95 Å². The third-order valence-electron chi connectivity index (χ3n) is 3.70. The van der Waals surface area contributed by atoms with Crippen LogP contribution in [0.5, 0.6) is 0 Å². The molecule has 0 aliphatic heterocycles. The van der Waals surface area contributed by atoms with Crippen molar-refractivity contribution in [1.82, 2.24) is 29.8 Å². The predicted molar refractivity (Wildman–Crippen MR) is 95.1 cm³/mol. The van der Waals surface area contributed by atoms with Crippen molar-refractivity contribution >= 4 is 17.5 Å². The van der Waals surface area contributed by atoms with Gasteiger partial charge >= 0.3 is 0 Å². The molecule has 1 aromatic carbocycles. The molecule has 0 bridgehead atoms. The first-order valence-corrected chi connectivity index (χ1v) is 8.43. The molecule has 1 N–H and O–H groups in total. The van der Waals surface area contributed by atoms with Crippen molar-refractivity contribution in [1.29, 1.82) is 0 Å². The maximum atomic E-state index is 9.79. The highest BCUT2D eigenvalue weighted by molar-refractivity contribution is 6.30. The van der Waals surface area contributed by atoms with Crippen molar-refractivity contribution in [2.24, 2.45) is 0 Å². The van der Waals surface area contributed by atoms with Crippen LogP contribution < -0.4 is 4.90 Å². The van der Waals surface area contributed by atoms with Crippen molar-refractivity contribution < 1.29 is 5.11 Å². The van der Waals surface area contributed by atoms with E-state index in [1.165, 1.54) is 0 Å². The summed E-state index contributed by atoms with van der Waals surface area (Å²) in [6.45, 7) is 5.30. The van der Waals surface area contributed by atoms with E-state index in [2.05, 4.69) is 20.4 Å². The molecule has 0 fully saturated rings. The summed E-state index contributed by atoms with van der Waals surface area (Å²) in [6.07, 6.45) is 2.76. The highest BCUT2D eigenvalue weighted by atomic mass is 35.5. The molecule has 1 atom stereocenters. The van der Waals surface area contributed by atoms with Crippen LogP contribution >= 0.6 is 11.6 Å². The first kappa shape index (κ1) is 17.4. The number of likely N-dealkylation sites (N-methyl/N-ethyl adjacent to an activating group) is 1. The fourth-order valence-electron chi connectivity index (χ4n) is 2.59. The van der Waals surface area contributed by atoms with E-state index in [9.17, 15) is 5.11 Å². The molecule has 0 saturated heterocycles. The predicted octanol–water partition coefficient (Wildman–Crippen LogP) is 1.77. The molecule has 25 heavy (non-hydrogen) atoms. The van der Waals surface area contributed by atoms with Crippen molar-refractivity contribution in [3.8, 4) is 5.69 Å². The zero-order valence-corrected chi connectivity index (χ0v) is 14.9. The van der Waals surface area contributed by atoms with Gasteiger partial charge < -0.3 is 10.0 Å². The average Bonchev–Trinajstić information content (AvgIpc) is 3.24. The van der Waals surface area contributed by atoms with E-state index in [1.807, 2.05) is 40.7 Å². The minimum atomic E-state index is -0.480. The molecule has 0 amide bonds. The second-order valence-corrected chi connectivity index (χ2v) is 6.11. The molecular formula is C16H20ClN7O. The van der Waals surface area contributed by atoms with Crippen LogP contribution in [0.2, 0.25) is 5.02 Å². The largest absolute Gasteiger partial charge is 0.392 e. The number of benzene rings is 1. The van der Waals surface area contributed by atoms with Gasteiger partial charge in [0.05, 0.1) is 24.2 Å². The van der Waals surface area contributed by atoms with Gasteiger partial charge in [0.1, 0.15) is 6.54 Å². The van der Waals surface area contributed by atoms with Gasteiger partial charge in [0.25, 0.3) is 0 Å². The number of hydrogen-bond acceptors (Lipinski definition) is 6. The van der Waals surface area contributed by atoms with Crippen molar-refractivity contribution in [3.05, 3.63) is 47.5 Å². The fourth-order valence-corrected chi connectivity index (χ4v) is 2.72. The summed E-state index contributed by atoms with van der Waals surface area (Å²) in [5.74, 6) is 1.35. The van der Waals surface area contributed by atoms with Gasteiger partial charge in [-0.25, -0.2) is 0 Å². The zero-order chi connectivity index (χ0) is 17.8. The Kier molecular flexibility index (Phi) is 5.30. The lowest BCUT2D eigenvalue weighted by Gasteiger charge is -2.24. The molecular weight excluding hydrogens is 342 g/mol. The minimum Gasteiger partial charge on any atom is -0.392 e. The van der Waals surface area contributed by atoms with E-state index in [0.29, 0.717) is 36.4 Å². The van der Waals surface area contributed by atoms with Crippen LogP contribution in [0, 0.1) is 0 Å². The SMILES string of the molecule is CCN(C[C@@H](C)O)c1nnc(Cn2nccn2)n1-c1ccc(Cl)cc1. The Balaban J connectivity index is 2.05. The van der Waals surface area contributed by atoms with Gasteiger partial charge in [-0.1, -0.05) is 11.6 Å². The number of aliphatic hydroxyl groups is 1. The van der Waals surface area contributed by atoms with E-state index in [0.717, 1.165) is 5.69 Å². The summed E-state index contributed by atoms with van der Waals surface area (Å²) in [5, 5.41) is 27.4. The standard InChI is InChI=1S/C16H20ClN7O/c1-3-22(10-12(2)25)16-21-20-15(11-23-18-8-9-19-23)24(16)14-6-4-13(17)5-7-14/h4-9,12,25H,3,10-11H2,1-2H3/t12-/m1/s1. The Morgan fingerprint density at radius 1 is 1.16 bits per heavy atom. The summed E-state index contributed by atoms with van der Waals surface area (Å²) >= 11 is 6.02. The summed E-state index contributed by atoms with van der Waals surface area (Å²) in [6, 6.07) is 7.46. The summed E-state index contributed by atoms with van der Waals surface area (Å²) in [4.78, 5) is 3.53. The molecule has 0 unspecified atom stereocenters. The molecule has 9 heteroatoms. The number of rotatable bonds is 7. The molecule has 2 heterocycles. The number of aliphatic hydroxyl groups excluding tert-OH is 1. The zero-order valence-electron chi connectivity index (χ0n) is 14.1. The lowest BCUT2D eigenvalue weighted by Crippen LogP contribution is -2.33. The van der Waals surface area contributed by atoms with Crippen molar-refractivity contribution in [2.45, 2.75) is 26.5 Å². The maximum Gasteiger partial charge on any atom is 0.232 e. The molecule has 132 valence electrons. The summed E-state index contributed by atoms with van der Waals surface area (Å²) < 4.78 is 1.94. The van der Waals surface area contributed by atoms with Gasteiger partial charge in [-0.2, -0.15) is 15.0 Å². The molecule has 3 rings (SSSR count). The van der Waals surface area contributed by atoms with Gasteiger partial charge in [0, 0.05) is 18.1 Å². The van der Waals surface area contributed by atoms with Gasteiger partial charge in [0.15, 0.2) is 5.82 Å². The lowest BCUT2D eigenvalue weighted by atomic mass is 10.3. The third kappa shape index (κ3) is 3.97. The quantitative estimate of drug-likeness (QED) is 0.690. The normalized spacial score (nSPS) is 12.3. The smallest absolute Gasteiger partial charge is 0.232 e. The Bertz CT molecular complexity index is 799. The van der Waals surface area contributed by atoms with Gasteiger partial charge in [-0.3, -0.25) is 4.57 Å². The second kappa shape index (κ2) is 7.62. The van der Waals surface area contributed by atoms with Crippen LogP contribution in [0.15, 0.2) is 36.7 Å². The molecule has 0 spiro atoms. The van der Waals surface area contributed by atoms with Crippen LogP contribution in [-0.2, 0) is 6.54 Å². The molecule has 2 aromatic heterocycles.